The van der Waals surface area contributed by atoms with E-state index in [0.29, 0.717) is 70.6 Å². The van der Waals surface area contributed by atoms with Crippen LogP contribution >= 0.6 is 0 Å². The zero-order chi connectivity index (χ0) is 26.9. The van der Waals surface area contributed by atoms with E-state index in [2.05, 4.69) is 31.5 Å². The number of aromatic amines is 1. The SMILES string of the molecule is COc1ccc(-c2n[nH]nc2-c2cc(OC)c(OC)c(OC)c2)cc1NC(=O)C([NH3+])CCCN=C(N)N. The third-order valence-corrected chi connectivity index (χ3v) is 5.59. The lowest BCUT2D eigenvalue weighted by molar-refractivity contribution is -0.403. The van der Waals surface area contributed by atoms with Gasteiger partial charge in [-0.05, 0) is 36.8 Å². The standard InChI is InChI=1S/C24H32N8O5/c1-34-17-8-7-13(10-16(17)29-23(33)15(25)6-5-9-28-24(26)27)20-21(31-32-30-20)14-11-18(35-2)22(37-4)19(12-14)36-3/h7-8,10-12,15H,5-6,9,25H2,1-4H3,(H,29,33)(H4,26,27,28)(H,30,31,32)/p+1. The molecular formula is C24H33N8O5+. The Hall–Kier alpha value is -4.52. The van der Waals surface area contributed by atoms with Gasteiger partial charge in [0, 0.05) is 24.1 Å². The Morgan fingerprint density at radius 2 is 1.59 bits per heavy atom. The largest absolute Gasteiger partial charge is 0.495 e. The summed E-state index contributed by atoms with van der Waals surface area (Å²) in [5, 5.41) is 14.3. The van der Waals surface area contributed by atoms with Crippen LogP contribution in [-0.2, 0) is 4.79 Å². The summed E-state index contributed by atoms with van der Waals surface area (Å²) >= 11 is 0. The van der Waals surface area contributed by atoms with Gasteiger partial charge in [-0.1, -0.05) is 0 Å². The topological polar surface area (TPSA) is 200 Å². The lowest BCUT2D eigenvalue weighted by Gasteiger charge is -2.15. The van der Waals surface area contributed by atoms with Crippen molar-refractivity contribution in [1.82, 2.24) is 15.4 Å². The molecule has 9 N–H and O–H groups in total. The second-order valence-electron chi connectivity index (χ2n) is 7.98. The molecule has 1 unspecified atom stereocenters. The molecule has 0 bridgehead atoms. The van der Waals surface area contributed by atoms with E-state index >= 15 is 0 Å². The predicted octanol–water partition coefficient (Wildman–Crippen LogP) is 0.776. The predicted molar refractivity (Wildman–Crippen MR) is 139 cm³/mol. The average Bonchev–Trinajstić information content (AvgIpc) is 3.40. The highest BCUT2D eigenvalue weighted by atomic mass is 16.5. The van der Waals surface area contributed by atoms with Crippen molar-refractivity contribution in [3.8, 4) is 45.5 Å². The first-order valence-corrected chi connectivity index (χ1v) is 11.4. The Bertz CT molecular complexity index is 1230. The molecule has 0 radical (unpaired) electrons. The number of hydrogen-bond acceptors (Lipinski definition) is 8. The van der Waals surface area contributed by atoms with Crippen LogP contribution in [0.2, 0.25) is 0 Å². The molecule has 1 atom stereocenters. The third-order valence-electron chi connectivity index (χ3n) is 5.59. The van der Waals surface area contributed by atoms with E-state index in [4.69, 9.17) is 30.4 Å². The molecule has 0 saturated heterocycles. The van der Waals surface area contributed by atoms with Crippen LogP contribution in [0, 0.1) is 0 Å². The van der Waals surface area contributed by atoms with E-state index in [1.54, 1.807) is 38.5 Å². The van der Waals surface area contributed by atoms with Gasteiger partial charge in [0.2, 0.25) is 5.75 Å². The number of ether oxygens (including phenoxy) is 4. The van der Waals surface area contributed by atoms with Crippen molar-refractivity contribution in [3.63, 3.8) is 0 Å². The van der Waals surface area contributed by atoms with E-state index in [9.17, 15) is 4.79 Å². The van der Waals surface area contributed by atoms with Gasteiger partial charge in [-0.25, -0.2) is 0 Å². The molecule has 0 spiro atoms. The van der Waals surface area contributed by atoms with Gasteiger partial charge in [-0.15, -0.1) is 0 Å². The van der Waals surface area contributed by atoms with Crippen molar-refractivity contribution in [1.29, 1.82) is 0 Å². The first-order valence-electron chi connectivity index (χ1n) is 11.4. The van der Waals surface area contributed by atoms with E-state index in [1.807, 2.05) is 6.07 Å². The van der Waals surface area contributed by atoms with Crippen LogP contribution in [0.3, 0.4) is 0 Å². The summed E-state index contributed by atoms with van der Waals surface area (Å²) in [7, 11) is 6.15. The number of amides is 1. The molecule has 0 aliphatic heterocycles. The number of H-pyrrole nitrogens is 1. The number of rotatable bonds is 12. The zero-order valence-electron chi connectivity index (χ0n) is 21.3. The number of carbonyl (C=O) groups is 1. The number of nitrogens with zero attached hydrogens (tertiary/aromatic N) is 3. The number of hydrogen-bond donors (Lipinski definition) is 5. The van der Waals surface area contributed by atoms with Crippen molar-refractivity contribution in [2.24, 2.45) is 16.5 Å². The molecule has 1 amide bonds. The highest BCUT2D eigenvalue weighted by Gasteiger charge is 2.22. The maximum atomic E-state index is 12.8. The van der Waals surface area contributed by atoms with Gasteiger partial charge in [0.1, 0.15) is 17.1 Å². The summed E-state index contributed by atoms with van der Waals surface area (Å²) < 4.78 is 21.8. The molecule has 1 heterocycles. The molecular weight excluding hydrogens is 480 g/mol. The summed E-state index contributed by atoms with van der Waals surface area (Å²) in [6.45, 7) is 0.427. The zero-order valence-corrected chi connectivity index (χ0v) is 21.3. The smallest absolute Gasteiger partial charge is 0.282 e. The van der Waals surface area contributed by atoms with Gasteiger partial charge in [0.05, 0.1) is 34.1 Å². The van der Waals surface area contributed by atoms with E-state index in [0.717, 1.165) is 0 Å². The molecule has 13 nitrogen and oxygen atoms in total. The Morgan fingerprint density at radius 1 is 0.973 bits per heavy atom. The highest BCUT2D eigenvalue weighted by molar-refractivity contribution is 5.96. The van der Waals surface area contributed by atoms with E-state index in [1.165, 1.54) is 14.2 Å². The van der Waals surface area contributed by atoms with Crippen LogP contribution in [-0.4, -0.2) is 68.3 Å². The Kier molecular flexibility index (Phi) is 9.11. The van der Waals surface area contributed by atoms with Crippen LogP contribution in [0.5, 0.6) is 23.0 Å². The third kappa shape index (κ3) is 6.38. The van der Waals surface area contributed by atoms with Gasteiger partial charge in [0.25, 0.3) is 5.91 Å². The van der Waals surface area contributed by atoms with Crippen molar-refractivity contribution < 1.29 is 29.5 Å². The number of nitrogens with two attached hydrogens (primary N) is 2. The number of nitrogens with one attached hydrogen (secondary N) is 2. The lowest BCUT2D eigenvalue weighted by Crippen LogP contribution is -2.66. The molecule has 198 valence electrons. The fraction of sp³-hybridized carbons (Fsp3) is 0.333. The van der Waals surface area contributed by atoms with Crippen LogP contribution in [0.4, 0.5) is 5.69 Å². The number of aliphatic imine (C=N–C) groups is 1. The molecule has 0 aliphatic carbocycles. The Balaban J connectivity index is 1.90. The lowest BCUT2D eigenvalue weighted by atomic mass is 10.0. The summed E-state index contributed by atoms with van der Waals surface area (Å²) in [4.78, 5) is 16.7. The average molecular weight is 514 g/mol. The Morgan fingerprint density at radius 3 is 2.16 bits per heavy atom. The molecule has 0 aliphatic rings. The van der Waals surface area contributed by atoms with Gasteiger partial charge in [-0.2, -0.15) is 15.4 Å². The fourth-order valence-corrected chi connectivity index (χ4v) is 3.72. The van der Waals surface area contributed by atoms with E-state index in [-0.39, 0.29) is 11.9 Å². The molecule has 13 heteroatoms. The number of guanidine groups is 1. The minimum atomic E-state index is -0.510. The number of benzene rings is 2. The number of anilines is 1. The summed E-state index contributed by atoms with van der Waals surface area (Å²) in [5.74, 6) is 1.68. The van der Waals surface area contributed by atoms with E-state index < -0.39 is 6.04 Å². The summed E-state index contributed by atoms with van der Waals surface area (Å²) in [6, 6.07) is 8.39. The number of aromatic nitrogens is 3. The first-order chi connectivity index (χ1) is 17.8. The first kappa shape index (κ1) is 27.1. The molecule has 37 heavy (non-hydrogen) atoms. The normalized spacial score (nSPS) is 11.4. The van der Waals surface area contributed by atoms with Crippen molar-refractivity contribution in [2.45, 2.75) is 18.9 Å². The fourth-order valence-electron chi connectivity index (χ4n) is 3.72. The Labute approximate surface area is 214 Å². The number of carbonyl (C=O) groups excluding carboxylic acids is 1. The molecule has 1 aromatic heterocycles. The van der Waals surface area contributed by atoms with Gasteiger partial charge >= 0.3 is 0 Å². The summed E-state index contributed by atoms with van der Waals surface area (Å²) in [5.41, 5.74) is 17.6. The van der Waals surface area contributed by atoms with Gasteiger partial charge in [-0.3, -0.25) is 9.79 Å². The van der Waals surface area contributed by atoms with Crippen LogP contribution in [0.1, 0.15) is 12.8 Å². The maximum Gasteiger partial charge on any atom is 0.282 e. The second kappa shape index (κ2) is 12.4. The van der Waals surface area contributed by atoms with Crippen molar-refractivity contribution >= 4 is 17.6 Å². The molecule has 3 rings (SSSR count). The van der Waals surface area contributed by atoms with Gasteiger partial charge in [0.15, 0.2) is 23.5 Å². The molecule has 2 aromatic carbocycles. The molecule has 0 saturated carbocycles. The van der Waals surface area contributed by atoms with Gasteiger partial charge < -0.3 is 41.5 Å². The molecule has 3 aromatic rings. The van der Waals surface area contributed by atoms with Crippen LogP contribution < -0.4 is 41.5 Å². The monoisotopic (exact) mass is 513 g/mol. The van der Waals surface area contributed by atoms with Crippen molar-refractivity contribution in [2.75, 3.05) is 40.3 Å². The maximum absolute atomic E-state index is 12.8. The van der Waals surface area contributed by atoms with Crippen LogP contribution in [0.25, 0.3) is 22.5 Å². The minimum absolute atomic E-state index is 0.0189. The highest BCUT2D eigenvalue weighted by Crippen LogP contribution is 2.42. The quantitative estimate of drug-likeness (QED) is 0.132. The summed E-state index contributed by atoms with van der Waals surface area (Å²) in [6.07, 6.45) is 1.13. The minimum Gasteiger partial charge on any atom is -0.495 e. The van der Waals surface area contributed by atoms with Crippen molar-refractivity contribution in [3.05, 3.63) is 30.3 Å². The number of methoxy groups -OCH3 is 4. The second-order valence-corrected chi connectivity index (χ2v) is 7.98. The molecule has 0 fully saturated rings. The van der Waals surface area contributed by atoms with Crippen LogP contribution in [0.15, 0.2) is 35.3 Å². The number of quaternary nitrogens is 1.